The average Bonchev–Trinajstić information content (AvgIpc) is 3.17. The largest absolute Gasteiger partial charge is 0.355 e. The van der Waals surface area contributed by atoms with Crippen LogP contribution in [0.15, 0.2) is 5.16 Å². The van der Waals surface area contributed by atoms with E-state index in [4.69, 9.17) is 0 Å². The van der Waals surface area contributed by atoms with Crippen LogP contribution in [-0.4, -0.2) is 44.0 Å². The monoisotopic (exact) mass is 370 g/mol. The first-order valence-corrected chi connectivity index (χ1v) is 11.0. The molecule has 5 nitrogen and oxygen atoms in total. The highest BCUT2D eigenvalue weighted by atomic mass is 32.2. The van der Waals surface area contributed by atoms with Crippen molar-refractivity contribution >= 4 is 29.4 Å². The molecule has 0 unspecified atom stereocenters. The number of nitrogens with one attached hydrogen (secondary N) is 1. The molecular formula is C17H30N4OS2. The molecule has 1 aliphatic carbocycles. The first kappa shape index (κ1) is 19.6. The molecular weight excluding hydrogens is 340 g/mol. The number of carbonyl (C=O) groups excluding carboxylic acids is 1. The molecule has 0 radical (unpaired) electrons. The molecule has 0 spiro atoms. The van der Waals surface area contributed by atoms with E-state index in [9.17, 15) is 4.79 Å². The van der Waals surface area contributed by atoms with Crippen LogP contribution in [0, 0.1) is 0 Å². The third-order valence-electron chi connectivity index (χ3n) is 4.14. The Morgan fingerprint density at radius 3 is 2.62 bits per heavy atom. The van der Waals surface area contributed by atoms with Gasteiger partial charge in [0.2, 0.25) is 5.91 Å². The van der Waals surface area contributed by atoms with Gasteiger partial charge >= 0.3 is 0 Å². The second-order valence-corrected chi connectivity index (χ2v) is 9.84. The summed E-state index contributed by atoms with van der Waals surface area (Å²) in [5.74, 6) is 1.72. The molecule has 1 aromatic rings. The van der Waals surface area contributed by atoms with Crippen LogP contribution >= 0.6 is 23.5 Å². The Morgan fingerprint density at radius 1 is 1.29 bits per heavy atom. The van der Waals surface area contributed by atoms with Crippen molar-refractivity contribution in [3.8, 4) is 0 Å². The fraction of sp³-hybridized carbons (Fsp3) is 0.824. The fourth-order valence-corrected chi connectivity index (χ4v) is 4.19. The van der Waals surface area contributed by atoms with Crippen LogP contribution in [0.25, 0.3) is 0 Å². The van der Waals surface area contributed by atoms with Crippen molar-refractivity contribution in [1.29, 1.82) is 0 Å². The van der Waals surface area contributed by atoms with Crippen LogP contribution in [0.1, 0.15) is 64.7 Å². The third-order valence-corrected chi connectivity index (χ3v) is 6.06. The molecule has 1 heterocycles. The highest BCUT2D eigenvalue weighted by Crippen LogP contribution is 2.33. The summed E-state index contributed by atoms with van der Waals surface area (Å²) in [6.45, 7) is 7.09. The van der Waals surface area contributed by atoms with Gasteiger partial charge in [-0.05, 0) is 25.5 Å². The molecule has 1 N–H and O–H groups in total. The van der Waals surface area contributed by atoms with Crippen LogP contribution in [0.3, 0.4) is 0 Å². The van der Waals surface area contributed by atoms with Gasteiger partial charge < -0.3 is 9.88 Å². The summed E-state index contributed by atoms with van der Waals surface area (Å²) >= 11 is 3.35. The molecule has 1 amide bonds. The molecule has 1 aromatic heterocycles. The lowest BCUT2D eigenvalue weighted by Crippen LogP contribution is -2.28. The third kappa shape index (κ3) is 5.99. The van der Waals surface area contributed by atoms with Crippen molar-refractivity contribution in [3.05, 3.63) is 5.82 Å². The Balaban J connectivity index is 1.78. The minimum absolute atomic E-state index is 0.122. The lowest BCUT2D eigenvalue weighted by molar-refractivity contribution is -0.118. The highest BCUT2D eigenvalue weighted by Gasteiger charge is 2.23. The van der Waals surface area contributed by atoms with Gasteiger partial charge in [-0.15, -0.1) is 22.0 Å². The fourth-order valence-electron chi connectivity index (χ4n) is 2.95. The summed E-state index contributed by atoms with van der Waals surface area (Å²) < 4.78 is 2.47. The van der Waals surface area contributed by atoms with Crippen LogP contribution in [0.5, 0.6) is 0 Å². The smallest absolute Gasteiger partial charge is 0.230 e. The minimum Gasteiger partial charge on any atom is -0.355 e. The van der Waals surface area contributed by atoms with Crippen molar-refractivity contribution in [1.82, 2.24) is 20.1 Å². The quantitative estimate of drug-likeness (QED) is 0.558. The van der Waals surface area contributed by atoms with Crippen molar-refractivity contribution in [2.75, 3.05) is 18.6 Å². The lowest BCUT2D eigenvalue weighted by atomic mass is 10.2. The van der Waals surface area contributed by atoms with Crippen LogP contribution in [0.4, 0.5) is 0 Å². The van der Waals surface area contributed by atoms with E-state index in [1.807, 2.05) is 0 Å². The normalized spacial score (nSPS) is 15.8. The summed E-state index contributed by atoms with van der Waals surface area (Å²) in [5.41, 5.74) is 0. The zero-order chi connectivity index (χ0) is 17.6. The molecule has 1 aliphatic rings. The minimum atomic E-state index is 0.122. The van der Waals surface area contributed by atoms with E-state index in [-0.39, 0.29) is 10.7 Å². The maximum absolute atomic E-state index is 11.9. The number of nitrogens with zero attached hydrogens (tertiary/aromatic N) is 3. The summed E-state index contributed by atoms with van der Waals surface area (Å²) in [6.07, 6.45) is 8.92. The Bertz CT molecular complexity index is 533. The van der Waals surface area contributed by atoms with E-state index >= 15 is 0 Å². The van der Waals surface area contributed by atoms with E-state index in [1.54, 1.807) is 23.5 Å². The van der Waals surface area contributed by atoms with Crippen molar-refractivity contribution in [3.63, 3.8) is 0 Å². The highest BCUT2D eigenvalue weighted by molar-refractivity contribution is 8.01. The van der Waals surface area contributed by atoms with Gasteiger partial charge in [-0.2, -0.15) is 0 Å². The van der Waals surface area contributed by atoms with Crippen LogP contribution < -0.4 is 5.32 Å². The Morgan fingerprint density at radius 2 is 2.00 bits per heavy atom. The topological polar surface area (TPSA) is 59.8 Å². The molecule has 1 saturated carbocycles. The maximum Gasteiger partial charge on any atom is 0.230 e. The predicted octanol–water partition coefficient (Wildman–Crippen LogP) is 3.70. The van der Waals surface area contributed by atoms with Crippen molar-refractivity contribution in [2.24, 2.45) is 0 Å². The zero-order valence-corrected chi connectivity index (χ0v) is 16.9. The summed E-state index contributed by atoms with van der Waals surface area (Å²) in [7, 11) is 0. The molecule has 24 heavy (non-hydrogen) atoms. The molecule has 1 fully saturated rings. The lowest BCUT2D eigenvalue weighted by Gasteiger charge is -2.17. The summed E-state index contributed by atoms with van der Waals surface area (Å²) in [5, 5.41) is 12.8. The number of hydrogen-bond donors (Lipinski definition) is 1. The van der Waals surface area contributed by atoms with Crippen molar-refractivity contribution < 1.29 is 4.79 Å². The number of carbonyl (C=O) groups is 1. The Kier molecular flexibility index (Phi) is 7.47. The van der Waals surface area contributed by atoms with Crippen LogP contribution in [-0.2, 0) is 11.2 Å². The van der Waals surface area contributed by atoms with E-state index in [0.29, 0.717) is 18.3 Å². The number of aromatic nitrogens is 3. The predicted molar refractivity (Wildman–Crippen MR) is 103 cm³/mol. The number of aryl methyl sites for hydroxylation is 1. The Labute approximate surface area is 154 Å². The number of thioether (sulfide) groups is 2. The molecule has 7 heteroatoms. The van der Waals surface area contributed by atoms with Gasteiger partial charge in [-0.25, -0.2) is 0 Å². The molecule has 0 aliphatic heterocycles. The van der Waals surface area contributed by atoms with E-state index in [1.165, 1.54) is 25.7 Å². The Hall–Kier alpha value is -0.690. The van der Waals surface area contributed by atoms with E-state index < -0.39 is 0 Å². The summed E-state index contributed by atoms with van der Waals surface area (Å²) in [6, 6.07) is 0.565. The average molecular weight is 371 g/mol. The standard InChI is InChI=1S/C17H30N4OS2/c1-17(2,3)24-12-15(22)18-11-7-10-14-19-20-16(23-4)21(14)13-8-5-6-9-13/h13H,5-12H2,1-4H3,(H,18,22). The molecule has 0 bridgehead atoms. The van der Waals surface area contributed by atoms with E-state index in [0.717, 1.165) is 23.8 Å². The maximum atomic E-state index is 11.9. The first-order valence-electron chi connectivity index (χ1n) is 8.79. The van der Waals surface area contributed by atoms with Gasteiger partial charge in [-0.1, -0.05) is 45.4 Å². The number of rotatable bonds is 8. The van der Waals surface area contributed by atoms with Gasteiger partial charge in [0.1, 0.15) is 5.82 Å². The summed E-state index contributed by atoms with van der Waals surface area (Å²) in [4.78, 5) is 11.9. The first-order chi connectivity index (χ1) is 11.4. The molecule has 136 valence electrons. The molecule has 2 rings (SSSR count). The number of amides is 1. The van der Waals surface area contributed by atoms with Gasteiger partial charge in [0, 0.05) is 23.8 Å². The van der Waals surface area contributed by atoms with Gasteiger partial charge in [0.05, 0.1) is 5.75 Å². The second-order valence-electron chi connectivity index (χ2n) is 7.27. The molecule has 0 saturated heterocycles. The SMILES string of the molecule is CSc1nnc(CCCNC(=O)CSC(C)(C)C)n1C1CCCC1. The second kappa shape index (κ2) is 9.13. The van der Waals surface area contributed by atoms with Gasteiger partial charge in [0.25, 0.3) is 0 Å². The van der Waals surface area contributed by atoms with Crippen LogP contribution in [0.2, 0.25) is 0 Å². The van der Waals surface area contributed by atoms with Crippen molar-refractivity contribution in [2.45, 2.75) is 75.2 Å². The number of hydrogen-bond acceptors (Lipinski definition) is 5. The van der Waals surface area contributed by atoms with Gasteiger partial charge in [-0.3, -0.25) is 4.79 Å². The molecule has 0 atom stereocenters. The van der Waals surface area contributed by atoms with E-state index in [2.05, 4.69) is 47.1 Å². The zero-order valence-electron chi connectivity index (χ0n) is 15.3. The molecule has 0 aromatic carbocycles. The van der Waals surface area contributed by atoms with Gasteiger partial charge in [0.15, 0.2) is 5.16 Å².